The monoisotopic (exact) mass is 243 g/mol. The van der Waals surface area contributed by atoms with Crippen molar-refractivity contribution in [2.24, 2.45) is 5.92 Å². The molecule has 1 aliphatic carbocycles. The average molecular weight is 243 g/mol. The number of hydrogen-bond acceptors (Lipinski definition) is 2. The minimum Gasteiger partial charge on any atom is -0.212 e. The number of terminal acetylenes is 1. The van der Waals surface area contributed by atoms with Crippen LogP contribution in [-0.2, 0) is 10.0 Å². The maximum Gasteiger partial charge on any atom is 0.216 e. The van der Waals surface area contributed by atoms with E-state index >= 15 is 0 Å². The van der Waals surface area contributed by atoms with E-state index in [0.717, 1.165) is 25.7 Å². The molecule has 92 valence electrons. The van der Waals surface area contributed by atoms with E-state index in [4.69, 9.17) is 6.42 Å². The fraction of sp³-hybridized carbons (Fsp3) is 0.833. The zero-order valence-corrected chi connectivity index (χ0v) is 11.1. The van der Waals surface area contributed by atoms with Gasteiger partial charge in [-0.1, -0.05) is 0 Å². The van der Waals surface area contributed by atoms with E-state index < -0.39 is 14.8 Å². The molecule has 0 bridgehead atoms. The molecule has 0 saturated heterocycles. The van der Waals surface area contributed by atoms with Crippen molar-refractivity contribution in [3.63, 3.8) is 0 Å². The van der Waals surface area contributed by atoms with Gasteiger partial charge in [-0.3, -0.25) is 0 Å². The smallest absolute Gasteiger partial charge is 0.212 e. The van der Waals surface area contributed by atoms with Crippen molar-refractivity contribution in [3.8, 4) is 12.3 Å². The number of sulfonamides is 1. The Morgan fingerprint density at radius 2 is 1.69 bits per heavy atom. The lowest BCUT2D eigenvalue weighted by Crippen LogP contribution is -2.45. The number of rotatable bonds is 2. The topological polar surface area (TPSA) is 46.2 Å². The van der Waals surface area contributed by atoms with Crippen LogP contribution in [-0.4, -0.2) is 19.2 Å². The van der Waals surface area contributed by atoms with Crippen LogP contribution in [0.1, 0.15) is 46.5 Å². The molecule has 0 atom stereocenters. The molecule has 1 rings (SSSR count). The highest BCUT2D eigenvalue weighted by atomic mass is 32.2. The van der Waals surface area contributed by atoms with Gasteiger partial charge in [0.15, 0.2) is 0 Å². The average Bonchev–Trinajstić information content (AvgIpc) is 2.16. The Morgan fingerprint density at radius 3 is 2.06 bits per heavy atom. The Labute approximate surface area is 99.1 Å². The first-order chi connectivity index (χ1) is 7.26. The molecule has 0 spiro atoms. The van der Waals surface area contributed by atoms with Crippen LogP contribution in [0.15, 0.2) is 0 Å². The molecule has 0 radical (unpaired) electrons. The van der Waals surface area contributed by atoms with Crippen LogP contribution >= 0.6 is 0 Å². The third kappa shape index (κ3) is 3.23. The molecule has 3 nitrogen and oxygen atoms in total. The predicted octanol–water partition coefficient (Wildman–Crippen LogP) is 1.90. The summed E-state index contributed by atoms with van der Waals surface area (Å²) in [6, 6.07) is 0.0637. The van der Waals surface area contributed by atoms with Gasteiger partial charge in [0, 0.05) is 12.0 Å². The standard InChI is InChI=1S/C12H21NO2S/c1-5-10-6-8-11(9-7-10)13-16(14,15)12(2,3)4/h1,10-11,13H,6-9H2,2-4H3. The second-order valence-corrected chi connectivity index (χ2v) is 7.92. The van der Waals surface area contributed by atoms with Crippen molar-refractivity contribution in [2.75, 3.05) is 0 Å². The zero-order valence-electron chi connectivity index (χ0n) is 10.3. The van der Waals surface area contributed by atoms with E-state index in [-0.39, 0.29) is 6.04 Å². The quantitative estimate of drug-likeness (QED) is 0.753. The van der Waals surface area contributed by atoms with Crippen molar-refractivity contribution < 1.29 is 8.42 Å². The van der Waals surface area contributed by atoms with Gasteiger partial charge in [-0.05, 0) is 46.5 Å². The Morgan fingerprint density at radius 1 is 1.19 bits per heavy atom. The van der Waals surface area contributed by atoms with Gasteiger partial charge in [-0.2, -0.15) is 0 Å². The van der Waals surface area contributed by atoms with Crippen LogP contribution in [0, 0.1) is 18.3 Å². The van der Waals surface area contributed by atoms with E-state index in [0.29, 0.717) is 5.92 Å². The maximum atomic E-state index is 11.9. The summed E-state index contributed by atoms with van der Waals surface area (Å²) in [4.78, 5) is 0. The molecular formula is C12H21NO2S. The molecule has 1 saturated carbocycles. The van der Waals surface area contributed by atoms with E-state index in [1.165, 1.54) is 0 Å². The fourth-order valence-electron chi connectivity index (χ4n) is 1.77. The molecule has 0 amide bonds. The molecule has 0 aliphatic heterocycles. The molecule has 0 aromatic carbocycles. The summed E-state index contributed by atoms with van der Waals surface area (Å²) in [5.74, 6) is 3.07. The first-order valence-electron chi connectivity index (χ1n) is 5.74. The highest BCUT2D eigenvalue weighted by Crippen LogP contribution is 2.25. The van der Waals surface area contributed by atoms with Crippen molar-refractivity contribution in [1.82, 2.24) is 4.72 Å². The Hall–Kier alpha value is -0.530. The molecule has 4 heteroatoms. The molecular weight excluding hydrogens is 222 g/mol. The Balaban J connectivity index is 2.56. The normalized spacial score (nSPS) is 27.4. The molecule has 1 aliphatic rings. The minimum absolute atomic E-state index is 0.0637. The summed E-state index contributed by atoms with van der Waals surface area (Å²) in [6.07, 6.45) is 8.91. The Bertz CT molecular complexity index is 365. The zero-order chi connectivity index (χ0) is 12.4. The molecule has 0 heterocycles. The SMILES string of the molecule is C#CC1CCC(NS(=O)(=O)C(C)(C)C)CC1. The van der Waals surface area contributed by atoms with Crippen LogP contribution in [0.3, 0.4) is 0 Å². The summed E-state index contributed by atoms with van der Waals surface area (Å²) < 4.78 is 25.9. The van der Waals surface area contributed by atoms with E-state index in [9.17, 15) is 8.42 Å². The molecule has 1 N–H and O–H groups in total. The van der Waals surface area contributed by atoms with Gasteiger partial charge in [0.2, 0.25) is 10.0 Å². The van der Waals surface area contributed by atoms with Crippen LogP contribution in [0.25, 0.3) is 0 Å². The van der Waals surface area contributed by atoms with Gasteiger partial charge in [0.05, 0.1) is 4.75 Å². The van der Waals surface area contributed by atoms with Crippen LogP contribution in [0.5, 0.6) is 0 Å². The van der Waals surface area contributed by atoms with Crippen molar-refractivity contribution in [1.29, 1.82) is 0 Å². The third-order valence-corrected chi connectivity index (χ3v) is 5.35. The van der Waals surface area contributed by atoms with Gasteiger partial charge in [-0.15, -0.1) is 12.3 Å². The summed E-state index contributed by atoms with van der Waals surface area (Å²) in [5, 5.41) is 0. The summed E-state index contributed by atoms with van der Waals surface area (Å²) in [5.41, 5.74) is 0. The molecule has 0 aromatic rings. The van der Waals surface area contributed by atoms with Crippen LogP contribution in [0.2, 0.25) is 0 Å². The minimum atomic E-state index is -3.22. The van der Waals surface area contributed by atoms with E-state index in [1.54, 1.807) is 20.8 Å². The lowest BCUT2D eigenvalue weighted by Gasteiger charge is -2.29. The predicted molar refractivity (Wildman–Crippen MR) is 66.4 cm³/mol. The largest absolute Gasteiger partial charge is 0.216 e. The fourth-order valence-corrected chi connectivity index (χ4v) is 2.80. The molecule has 0 aromatic heterocycles. The molecule has 1 fully saturated rings. The summed E-state index contributed by atoms with van der Waals surface area (Å²) in [6.45, 7) is 5.13. The van der Waals surface area contributed by atoms with Crippen molar-refractivity contribution >= 4 is 10.0 Å². The van der Waals surface area contributed by atoms with Crippen LogP contribution in [0.4, 0.5) is 0 Å². The lowest BCUT2D eigenvalue weighted by molar-refractivity contribution is 0.361. The van der Waals surface area contributed by atoms with E-state index in [2.05, 4.69) is 10.6 Å². The van der Waals surface area contributed by atoms with Crippen molar-refractivity contribution in [2.45, 2.75) is 57.2 Å². The maximum absolute atomic E-state index is 11.9. The van der Waals surface area contributed by atoms with Gasteiger partial charge in [0.25, 0.3) is 0 Å². The highest BCUT2D eigenvalue weighted by molar-refractivity contribution is 7.90. The van der Waals surface area contributed by atoms with Gasteiger partial charge >= 0.3 is 0 Å². The van der Waals surface area contributed by atoms with Crippen LogP contribution < -0.4 is 4.72 Å². The second-order valence-electron chi connectivity index (χ2n) is 5.45. The van der Waals surface area contributed by atoms with Gasteiger partial charge in [0.1, 0.15) is 0 Å². The number of nitrogens with one attached hydrogen (secondary N) is 1. The van der Waals surface area contributed by atoms with Gasteiger partial charge in [-0.25, -0.2) is 13.1 Å². The lowest BCUT2D eigenvalue weighted by atomic mass is 9.87. The van der Waals surface area contributed by atoms with Crippen molar-refractivity contribution in [3.05, 3.63) is 0 Å². The second kappa shape index (κ2) is 4.77. The summed E-state index contributed by atoms with van der Waals surface area (Å²) in [7, 11) is -3.22. The first-order valence-corrected chi connectivity index (χ1v) is 7.22. The third-order valence-electron chi connectivity index (χ3n) is 3.09. The van der Waals surface area contributed by atoms with Gasteiger partial charge < -0.3 is 0 Å². The van der Waals surface area contributed by atoms with E-state index in [1.807, 2.05) is 0 Å². The number of hydrogen-bond donors (Lipinski definition) is 1. The molecule has 0 unspecified atom stereocenters. The molecule has 16 heavy (non-hydrogen) atoms. The first kappa shape index (κ1) is 13.5. The highest BCUT2D eigenvalue weighted by Gasteiger charge is 2.32. The summed E-state index contributed by atoms with van der Waals surface area (Å²) >= 11 is 0. The Kier molecular flexibility index (Phi) is 4.03.